The molecule has 0 aromatic heterocycles. The molecule has 0 radical (unpaired) electrons. The number of halogens is 1. The zero-order valence-electron chi connectivity index (χ0n) is 15.1. The number of hydrogen-bond donors (Lipinski definition) is 3. The van der Waals surface area contributed by atoms with E-state index in [4.69, 9.17) is 0 Å². The van der Waals surface area contributed by atoms with Gasteiger partial charge >= 0.3 is 0 Å². The third-order valence-electron chi connectivity index (χ3n) is 5.52. The summed E-state index contributed by atoms with van der Waals surface area (Å²) in [5.74, 6) is 0.474. The van der Waals surface area contributed by atoms with Crippen molar-refractivity contribution in [3.63, 3.8) is 0 Å². The highest BCUT2D eigenvalue weighted by Gasteiger charge is 2.49. The summed E-state index contributed by atoms with van der Waals surface area (Å²) >= 11 is 0. The summed E-state index contributed by atoms with van der Waals surface area (Å²) in [4.78, 5) is 13.0. The Balaban J connectivity index is 0.00000243. The van der Waals surface area contributed by atoms with Gasteiger partial charge in [-0.3, -0.25) is 4.79 Å². The summed E-state index contributed by atoms with van der Waals surface area (Å²) in [6.45, 7) is 4.05. The lowest BCUT2D eigenvalue weighted by Gasteiger charge is -2.37. The Morgan fingerprint density at radius 3 is 2.69 bits per heavy atom. The van der Waals surface area contributed by atoms with E-state index in [0.717, 1.165) is 37.9 Å². The van der Waals surface area contributed by atoms with Gasteiger partial charge in [-0.1, -0.05) is 30.5 Å². The van der Waals surface area contributed by atoms with Crippen LogP contribution in [-0.4, -0.2) is 40.5 Å². The van der Waals surface area contributed by atoms with Gasteiger partial charge in [0.2, 0.25) is 15.9 Å². The lowest BCUT2D eigenvalue weighted by atomic mass is 9.67. The number of sulfonamides is 1. The quantitative estimate of drug-likeness (QED) is 0.632. The van der Waals surface area contributed by atoms with Crippen LogP contribution in [0.4, 0.5) is 0 Å². The molecule has 1 aliphatic carbocycles. The van der Waals surface area contributed by atoms with Gasteiger partial charge in [-0.2, -0.15) is 0 Å². The lowest BCUT2D eigenvalue weighted by molar-refractivity contribution is -0.133. The molecule has 2 atom stereocenters. The minimum atomic E-state index is -3.53. The van der Waals surface area contributed by atoms with Crippen LogP contribution >= 0.6 is 12.4 Å². The van der Waals surface area contributed by atoms with Gasteiger partial charge in [-0.25, -0.2) is 13.1 Å². The van der Waals surface area contributed by atoms with Crippen molar-refractivity contribution >= 4 is 28.3 Å². The maximum absolute atomic E-state index is 12.7. The monoisotopic (exact) mass is 401 g/mol. The predicted molar refractivity (Wildman–Crippen MR) is 104 cm³/mol. The Hall–Kier alpha value is -1.15. The molecule has 0 unspecified atom stereocenters. The SMILES string of the molecule is Cc1ccc(S(=O)(=O)NCCNC(=O)[C@@]23CCCC[C@H]2CNC3)cc1.Cl. The topological polar surface area (TPSA) is 87.3 Å². The molecular weight excluding hydrogens is 374 g/mol. The van der Waals surface area contributed by atoms with E-state index in [2.05, 4.69) is 15.4 Å². The average molecular weight is 402 g/mol. The first kappa shape index (κ1) is 21.2. The third kappa shape index (κ3) is 4.39. The van der Waals surface area contributed by atoms with E-state index in [1.807, 2.05) is 6.92 Å². The predicted octanol–water partition coefficient (Wildman–Crippen LogP) is 1.59. The molecule has 3 rings (SSSR count). The number of carbonyl (C=O) groups is 1. The Bertz CT molecular complexity index is 724. The molecule has 0 spiro atoms. The molecule has 0 bridgehead atoms. The van der Waals surface area contributed by atoms with Crippen LogP contribution in [0.5, 0.6) is 0 Å². The first-order valence-corrected chi connectivity index (χ1v) is 10.5. The maximum atomic E-state index is 12.7. The third-order valence-corrected chi connectivity index (χ3v) is 7.00. The summed E-state index contributed by atoms with van der Waals surface area (Å²) in [7, 11) is -3.53. The van der Waals surface area contributed by atoms with Gasteiger partial charge in [0.05, 0.1) is 10.3 Å². The van der Waals surface area contributed by atoms with Crippen LogP contribution in [0, 0.1) is 18.3 Å². The highest BCUT2D eigenvalue weighted by Crippen LogP contribution is 2.43. The van der Waals surface area contributed by atoms with Crippen molar-refractivity contribution in [2.75, 3.05) is 26.2 Å². The van der Waals surface area contributed by atoms with Gasteiger partial charge in [0.1, 0.15) is 0 Å². The largest absolute Gasteiger partial charge is 0.354 e. The first-order chi connectivity index (χ1) is 11.9. The van der Waals surface area contributed by atoms with Gasteiger partial charge in [0.25, 0.3) is 0 Å². The molecule has 1 aromatic carbocycles. The number of carbonyl (C=O) groups excluding carboxylic acids is 1. The highest BCUT2D eigenvalue weighted by atomic mass is 35.5. The molecule has 26 heavy (non-hydrogen) atoms. The fourth-order valence-electron chi connectivity index (χ4n) is 4.03. The normalized spacial score (nSPS) is 25.2. The van der Waals surface area contributed by atoms with Gasteiger partial charge in [0.15, 0.2) is 0 Å². The van der Waals surface area contributed by atoms with E-state index < -0.39 is 10.0 Å². The highest BCUT2D eigenvalue weighted by molar-refractivity contribution is 7.89. The molecule has 2 aliphatic rings. The molecule has 8 heteroatoms. The summed E-state index contributed by atoms with van der Waals surface area (Å²) < 4.78 is 27.0. The van der Waals surface area contributed by atoms with Crippen LogP contribution in [0.15, 0.2) is 29.2 Å². The lowest BCUT2D eigenvalue weighted by Crippen LogP contribution is -2.49. The van der Waals surface area contributed by atoms with Crippen LogP contribution in [0.1, 0.15) is 31.2 Å². The number of hydrogen-bond acceptors (Lipinski definition) is 4. The van der Waals surface area contributed by atoms with Gasteiger partial charge in [0, 0.05) is 19.6 Å². The van der Waals surface area contributed by atoms with E-state index in [-0.39, 0.29) is 35.2 Å². The van der Waals surface area contributed by atoms with Crippen LogP contribution < -0.4 is 15.4 Å². The smallest absolute Gasteiger partial charge is 0.240 e. The second kappa shape index (κ2) is 8.69. The Morgan fingerprint density at radius 1 is 1.23 bits per heavy atom. The Morgan fingerprint density at radius 2 is 1.96 bits per heavy atom. The van der Waals surface area contributed by atoms with Gasteiger partial charge in [-0.05, 0) is 44.4 Å². The van der Waals surface area contributed by atoms with Crippen LogP contribution in [-0.2, 0) is 14.8 Å². The fourth-order valence-corrected chi connectivity index (χ4v) is 5.06. The number of aryl methyl sites for hydroxylation is 1. The molecule has 3 N–H and O–H groups in total. The fraction of sp³-hybridized carbons (Fsp3) is 0.611. The number of rotatable bonds is 6. The van der Waals surface area contributed by atoms with Crippen molar-refractivity contribution in [2.45, 2.75) is 37.5 Å². The van der Waals surface area contributed by atoms with E-state index in [0.29, 0.717) is 12.5 Å². The molecule has 1 aromatic rings. The van der Waals surface area contributed by atoms with Crippen molar-refractivity contribution in [3.8, 4) is 0 Å². The zero-order chi connectivity index (χ0) is 17.9. The standard InChI is InChI=1S/C18H27N3O3S.ClH/c1-14-5-7-16(8-6-14)25(23,24)21-11-10-20-17(22)18-9-3-2-4-15(18)12-19-13-18;/h5-8,15,19,21H,2-4,9-13H2,1H3,(H,20,22);1H/t15-,18+;/m0./s1. The van der Waals surface area contributed by atoms with Crippen molar-refractivity contribution in [1.82, 2.24) is 15.4 Å². The summed E-state index contributed by atoms with van der Waals surface area (Å²) in [5.41, 5.74) is 0.714. The Kier molecular flexibility index (Phi) is 7.07. The van der Waals surface area contributed by atoms with Crippen molar-refractivity contribution in [3.05, 3.63) is 29.8 Å². The van der Waals surface area contributed by atoms with Crippen molar-refractivity contribution in [1.29, 1.82) is 0 Å². The second-order valence-corrected chi connectivity index (χ2v) is 8.96. The van der Waals surface area contributed by atoms with Crippen LogP contribution in [0.3, 0.4) is 0 Å². The summed E-state index contributed by atoms with van der Waals surface area (Å²) in [6, 6.07) is 6.72. The summed E-state index contributed by atoms with van der Waals surface area (Å²) in [5, 5.41) is 6.30. The van der Waals surface area contributed by atoms with Gasteiger partial charge in [-0.15, -0.1) is 12.4 Å². The molecule has 1 aliphatic heterocycles. The molecule has 1 amide bonds. The van der Waals surface area contributed by atoms with Crippen molar-refractivity contribution < 1.29 is 13.2 Å². The molecular formula is C18H28ClN3O3S. The number of fused-ring (bicyclic) bond motifs is 1. The first-order valence-electron chi connectivity index (χ1n) is 8.99. The molecule has 1 heterocycles. The maximum Gasteiger partial charge on any atom is 0.240 e. The van der Waals surface area contributed by atoms with Crippen LogP contribution in [0.25, 0.3) is 0 Å². The Labute approximate surface area is 162 Å². The minimum absolute atomic E-state index is 0. The molecule has 1 saturated carbocycles. The second-order valence-electron chi connectivity index (χ2n) is 7.20. The van der Waals surface area contributed by atoms with Crippen molar-refractivity contribution in [2.24, 2.45) is 11.3 Å². The van der Waals surface area contributed by atoms with E-state index in [9.17, 15) is 13.2 Å². The molecule has 6 nitrogen and oxygen atoms in total. The van der Waals surface area contributed by atoms with E-state index in [1.165, 1.54) is 6.42 Å². The van der Waals surface area contributed by atoms with E-state index in [1.54, 1.807) is 24.3 Å². The molecule has 1 saturated heterocycles. The zero-order valence-corrected chi connectivity index (χ0v) is 16.7. The number of nitrogens with one attached hydrogen (secondary N) is 3. The minimum Gasteiger partial charge on any atom is -0.354 e. The summed E-state index contributed by atoms with van der Waals surface area (Å²) in [6.07, 6.45) is 4.30. The molecule has 2 fully saturated rings. The van der Waals surface area contributed by atoms with Crippen LogP contribution in [0.2, 0.25) is 0 Å². The van der Waals surface area contributed by atoms with E-state index >= 15 is 0 Å². The average Bonchev–Trinajstić information content (AvgIpc) is 3.04. The number of benzene rings is 1. The van der Waals surface area contributed by atoms with Gasteiger partial charge < -0.3 is 10.6 Å². The molecule has 146 valence electrons. The number of amides is 1.